The van der Waals surface area contributed by atoms with Crippen LogP contribution >= 0.6 is 0 Å². The highest BCUT2D eigenvalue weighted by molar-refractivity contribution is 5.13. The van der Waals surface area contributed by atoms with Gasteiger partial charge >= 0.3 is 0 Å². The van der Waals surface area contributed by atoms with Gasteiger partial charge in [-0.15, -0.1) is 0 Å². The topological polar surface area (TPSA) is 77.8 Å². The molecule has 1 fully saturated rings. The lowest BCUT2D eigenvalue weighted by atomic mass is 9.83. The third kappa shape index (κ3) is 3.22. The van der Waals surface area contributed by atoms with Gasteiger partial charge in [0.25, 0.3) is 0 Å². The number of nitrogens with two attached hydrogens (primary N) is 1. The highest BCUT2D eigenvalue weighted by Gasteiger charge is 2.24. The summed E-state index contributed by atoms with van der Waals surface area (Å²) < 4.78 is 5.35. The molecule has 1 aliphatic rings. The van der Waals surface area contributed by atoms with Crippen LogP contribution in [-0.2, 0) is 12.8 Å². The maximum Gasteiger partial charge on any atom is 0.226 e. The first-order valence-corrected chi connectivity index (χ1v) is 7.27. The first-order valence-electron chi connectivity index (χ1n) is 7.27. The molecule has 5 nitrogen and oxygen atoms in total. The summed E-state index contributed by atoms with van der Waals surface area (Å²) in [5.74, 6) is 1.92. The minimum Gasteiger partial charge on any atom is -0.339 e. The third-order valence-electron chi connectivity index (χ3n) is 4.00. The Kier molecular flexibility index (Phi) is 4.06. The van der Waals surface area contributed by atoms with Crippen LogP contribution in [0, 0.1) is 5.92 Å². The van der Waals surface area contributed by atoms with E-state index in [0.29, 0.717) is 18.2 Å². The number of hydrogen-bond donors (Lipinski definition) is 1. The molecule has 2 unspecified atom stereocenters. The Bertz CT molecular complexity index is 540. The van der Waals surface area contributed by atoms with Crippen LogP contribution in [0.25, 0.3) is 0 Å². The van der Waals surface area contributed by atoms with Gasteiger partial charge in [0, 0.05) is 31.3 Å². The molecule has 20 heavy (non-hydrogen) atoms. The molecule has 2 heterocycles. The molecule has 2 aromatic rings. The van der Waals surface area contributed by atoms with Crippen LogP contribution in [0.3, 0.4) is 0 Å². The Hall–Kier alpha value is -1.75. The quantitative estimate of drug-likeness (QED) is 0.922. The fraction of sp³-hybridized carbons (Fsp3) is 0.533. The zero-order valence-electron chi connectivity index (χ0n) is 11.5. The van der Waals surface area contributed by atoms with Crippen molar-refractivity contribution in [1.82, 2.24) is 15.1 Å². The zero-order valence-corrected chi connectivity index (χ0v) is 11.5. The van der Waals surface area contributed by atoms with Gasteiger partial charge in [-0.05, 0) is 30.4 Å². The summed E-state index contributed by atoms with van der Waals surface area (Å²) in [5.41, 5.74) is 7.25. The maximum absolute atomic E-state index is 6.16. The van der Waals surface area contributed by atoms with Crippen LogP contribution in [0.1, 0.15) is 43.0 Å². The normalized spacial score (nSPS) is 22.9. The van der Waals surface area contributed by atoms with Crippen molar-refractivity contribution in [3.63, 3.8) is 0 Å². The summed E-state index contributed by atoms with van der Waals surface area (Å²) in [5, 5.41) is 4.05. The van der Waals surface area contributed by atoms with Crippen LogP contribution in [0.5, 0.6) is 0 Å². The van der Waals surface area contributed by atoms with Gasteiger partial charge in [0.2, 0.25) is 5.89 Å². The van der Waals surface area contributed by atoms with Crippen molar-refractivity contribution in [3.8, 4) is 0 Å². The van der Waals surface area contributed by atoms with Gasteiger partial charge in [0.1, 0.15) is 0 Å². The average Bonchev–Trinajstić information content (AvgIpc) is 2.90. The highest BCUT2D eigenvalue weighted by Crippen LogP contribution is 2.25. The van der Waals surface area contributed by atoms with E-state index in [1.165, 1.54) is 19.3 Å². The van der Waals surface area contributed by atoms with Crippen LogP contribution < -0.4 is 5.73 Å². The molecule has 0 bridgehead atoms. The molecule has 106 valence electrons. The van der Waals surface area contributed by atoms with E-state index in [0.717, 1.165) is 24.2 Å². The summed E-state index contributed by atoms with van der Waals surface area (Å²) in [6.07, 6.45) is 9.84. The van der Waals surface area contributed by atoms with Gasteiger partial charge in [-0.1, -0.05) is 24.1 Å². The maximum atomic E-state index is 6.16. The summed E-state index contributed by atoms with van der Waals surface area (Å²) in [6, 6.07) is 4.20. The molecule has 5 heteroatoms. The third-order valence-corrected chi connectivity index (χ3v) is 4.00. The van der Waals surface area contributed by atoms with E-state index >= 15 is 0 Å². The summed E-state index contributed by atoms with van der Waals surface area (Å²) >= 11 is 0. The first-order chi connectivity index (χ1) is 9.81. The Labute approximate surface area is 118 Å². The second-order valence-corrected chi connectivity index (χ2v) is 5.55. The van der Waals surface area contributed by atoms with E-state index in [1.807, 2.05) is 18.3 Å². The van der Waals surface area contributed by atoms with E-state index in [9.17, 15) is 0 Å². The summed E-state index contributed by atoms with van der Waals surface area (Å²) in [4.78, 5) is 8.56. The second-order valence-electron chi connectivity index (χ2n) is 5.55. The van der Waals surface area contributed by atoms with Crippen molar-refractivity contribution in [2.45, 2.75) is 44.6 Å². The molecule has 0 aliphatic heterocycles. The van der Waals surface area contributed by atoms with Crippen LogP contribution in [0.4, 0.5) is 0 Å². The highest BCUT2D eigenvalue weighted by atomic mass is 16.5. The largest absolute Gasteiger partial charge is 0.339 e. The monoisotopic (exact) mass is 272 g/mol. The van der Waals surface area contributed by atoms with Gasteiger partial charge in [-0.25, -0.2) is 0 Å². The predicted octanol–water partition coefficient (Wildman–Crippen LogP) is 2.12. The van der Waals surface area contributed by atoms with Crippen LogP contribution in [0.15, 0.2) is 29.0 Å². The van der Waals surface area contributed by atoms with E-state index in [1.54, 1.807) is 6.20 Å². The Morgan fingerprint density at radius 1 is 1.30 bits per heavy atom. The van der Waals surface area contributed by atoms with Crippen molar-refractivity contribution < 1.29 is 4.52 Å². The van der Waals surface area contributed by atoms with Gasteiger partial charge < -0.3 is 10.3 Å². The molecule has 2 N–H and O–H groups in total. The van der Waals surface area contributed by atoms with E-state index in [4.69, 9.17) is 10.3 Å². The Morgan fingerprint density at radius 2 is 2.20 bits per heavy atom. The molecule has 0 spiro atoms. The smallest absolute Gasteiger partial charge is 0.226 e. The minimum absolute atomic E-state index is 0.275. The molecule has 1 saturated carbocycles. The fourth-order valence-corrected chi connectivity index (χ4v) is 2.84. The SMILES string of the molecule is NC1CCCCC1Cc1nc(Cc2cccnc2)no1. The molecule has 0 saturated heterocycles. The van der Waals surface area contributed by atoms with Gasteiger partial charge in [-0.3, -0.25) is 4.98 Å². The number of hydrogen-bond acceptors (Lipinski definition) is 5. The molecule has 2 atom stereocenters. The van der Waals surface area contributed by atoms with Crippen molar-refractivity contribution in [2.24, 2.45) is 11.7 Å². The van der Waals surface area contributed by atoms with Crippen molar-refractivity contribution in [1.29, 1.82) is 0 Å². The van der Waals surface area contributed by atoms with Crippen molar-refractivity contribution in [3.05, 3.63) is 41.8 Å². The molecular formula is C15H20N4O. The minimum atomic E-state index is 0.275. The van der Waals surface area contributed by atoms with E-state index < -0.39 is 0 Å². The summed E-state index contributed by atoms with van der Waals surface area (Å²) in [7, 11) is 0. The average molecular weight is 272 g/mol. The van der Waals surface area contributed by atoms with Crippen molar-refractivity contribution >= 4 is 0 Å². The predicted molar refractivity (Wildman–Crippen MR) is 75.0 cm³/mol. The summed E-state index contributed by atoms with van der Waals surface area (Å²) in [6.45, 7) is 0. The fourth-order valence-electron chi connectivity index (χ4n) is 2.84. The first kappa shape index (κ1) is 13.2. The molecule has 0 radical (unpaired) electrons. The molecule has 3 rings (SSSR count). The molecule has 0 aromatic carbocycles. The number of rotatable bonds is 4. The Morgan fingerprint density at radius 3 is 3.00 bits per heavy atom. The lowest BCUT2D eigenvalue weighted by Gasteiger charge is -2.27. The van der Waals surface area contributed by atoms with E-state index in [2.05, 4.69) is 15.1 Å². The second kappa shape index (κ2) is 6.13. The molecule has 2 aromatic heterocycles. The van der Waals surface area contributed by atoms with Crippen molar-refractivity contribution in [2.75, 3.05) is 0 Å². The van der Waals surface area contributed by atoms with E-state index in [-0.39, 0.29) is 6.04 Å². The standard InChI is InChI=1S/C15H20N4O/c16-13-6-2-1-5-12(13)9-15-18-14(19-20-15)8-11-4-3-7-17-10-11/h3-4,7,10,12-13H,1-2,5-6,8-9,16H2. The van der Waals surface area contributed by atoms with Gasteiger partial charge in [-0.2, -0.15) is 4.98 Å². The molecular weight excluding hydrogens is 252 g/mol. The molecule has 1 aliphatic carbocycles. The van der Waals surface area contributed by atoms with Crippen LogP contribution in [-0.4, -0.2) is 21.2 Å². The van der Waals surface area contributed by atoms with Gasteiger partial charge in [0.05, 0.1) is 0 Å². The zero-order chi connectivity index (χ0) is 13.8. The number of aromatic nitrogens is 3. The van der Waals surface area contributed by atoms with Gasteiger partial charge in [0.15, 0.2) is 5.82 Å². The molecule has 0 amide bonds. The number of nitrogens with zero attached hydrogens (tertiary/aromatic N) is 3. The lowest BCUT2D eigenvalue weighted by molar-refractivity contribution is 0.273. The van der Waals surface area contributed by atoms with Crippen LogP contribution in [0.2, 0.25) is 0 Å². The Balaban J connectivity index is 1.62. The number of pyridine rings is 1. The lowest BCUT2D eigenvalue weighted by Crippen LogP contribution is -2.34.